The summed E-state index contributed by atoms with van der Waals surface area (Å²) < 4.78 is 16.4. The lowest BCUT2D eigenvalue weighted by Gasteiger charge is -2.32. The van der Waals surface area contributed by atoms with Crippen LogP contribution in [0.1, 0.15) is 68.9 Å². The Labute approximate surface area is 161 Å². The van der Waals surface area contributed by atoms with Crippen LogP contribution in [-0.4, -0.2) is 49.2 Å². The zero-order valence-corrected chi connectivity index (χ0v) is 17.0. The monoisotopic (exact) mass is 377 g/mol. The zero-order chi connectivity index (χ0) is 20.0. The van der Waals surface area contributed by atoms with Crippen LogP contribution in [0.5, 0.6) is 5.75 Å². The minimum absolute atomic E-state index is 0.172. The lowest BCUT2D eigenvalue weighted by molar-refractivity contribution is 0.0153. The number of carbonyl (C=O) groups excluding carboxylic acids is 2. The van der Waals surface area contributed by atoms with Gasteiger partial charge in [-0.3, -0.25) is 9.69 Å². The molecular formula is C21H31NO5. The third-order valence-corrected chi connectivity index (χ3v) is 4.36. The van der Waals surface area contributed by atoms with Crippen LogP contribution in [0.25, 0.3) is 0 Å². The maximum atomic E-state index is 12.7. The number of rotatable bonds is 9. The normalized spacial score (nSPS) is 15.1. The molecule has 0 aromatic heterocycles. The summed E-state index contributed by atoms with van der Waals surface area (Å²) in [5.41, 5.74) is 0.875. The molecule has 0 saturated heterocycles. The van der Waals surface area contributed by atoms with Gasteiger partial charge in [0.25, 0.3) is 0 Å². The van der Waals surface area contributed by atoms with Crippen molar-refractivity contribution in [3.05, 3.63) is 29.3 Å². The minimum atomic E-state index is -0.541. The smallest absolute Gasteiger partial charge is 0.411 e. The van der Waals surface area contributed by atoms with Crippen LogP contribution >= 0.6 is 0 Å². The first-order chi connectivity index (χ1) is 12.8. The summed E-state index contributed by atoms with van der Waals surface area (Å²) in [4.78, 5) is 25.8. The van der Waals surface area contributed by atoms with Crippen molar-refractivity contribution in [1.82, 2.24) is 4.90 Å². The van der Waals surface area contributed by atoms with Gasteiger partial charge in [0.05, 0.1) is 18.2 Å². The second kappa shape index (κ2) is 9.22. The third-order valence-electron chi connectivity index (χ3n) is 4.36. The van der Waals surface area contributed by atoms with Crippen LogP contribution in [0.4, 0.5) is 4.79 Å². The van der Waals surface area contributed by atoms with Crippen molar-refractivity contribution in [2.24, 2.45) is 0 Å². The van der Waals surface area contributed by atoms with Gasteiger partial charge in [-0.05, 0) is 58.2 Å². The number of hydrogen-bond donors (Lipinski definition) is 0. The molecule has 1 unspecified atom stereocenters. The summed E-state index contributed by atoms with van der Waals surface area (Å²) in [6.07, 6.45) is 3.18. The Balaban J connectivity index is 2.18. The number of nitrogens with zero attached hydrogens (tertiary/aromatic N) is 1. The average Bonchev–Trinajstić information content (AvgIpc) is 3.42. The molecule has 0 radical (unpaired) electrons. The second-order valence-corrected chi connectivity index (χ2v) is 7.90. The van der Waals surface area contributed by atoms with Crippen molar-refractivity contribution in [2.45, 2.75) is 64.6 Å². The molecule has 6 heteroatoms. The van der Waals surface area contributed by atoms with Gasteiger partial charge >= 0.3 is 6.09 Å². The van der Waals surface area contributed by atoms with Crippen molar-refractivity contribution in [3.8, 4) is 5.75 Å². The topological polar surface area (TPSA) is 65.1 Å². The zero-order valence-electron chi connectivity index (χ0n) is 17.0. The van der Waals surface area contributed by atoms with Crippen molar-refractivity contribution < 1.29 is 23.8 Å². The SMILES string of the molecule is COCCCOc1cc(C(C)N(C(=O)OC(C)(C)C)C2CC2)ccc1C=O. The maximum Gasteiger partial charge on any atom is 0.411 e. The fraction of sp³-hybridized carbons (Fsp3) is 0.619. The fourth-order valence-electron chi connectivity index (χ4n) is 2.87. The highest BCUT2D eigenvalue weighted by atomic mass is 16.6. The second-order valence-electron chi connectivity index (χ2n) is 7.90. The lowest BCUT2D eigenvalue weighted by atomic mass is 10.0. The highest BCUT2D eigenvalue weighted by molar-refractivity contribution is 5.79. The van der Waals surface area contributed by atoms with Gasteiger partial charge in [0.1, 0.15) is 11.4 Å². The Hall–Kier alpha value is -2.08. The lowest BCUT2D eigenvalue weighted by Crippen LogP contribution is -2.39. The van der Waals surface area contributed by atoms with E-state index in [1.165, 1.54) is 0 Å². The average molecular weight is 377 g/mol. The Morgan fingerprint density at radius 2 is 2.00 bits per heavy atom. The maximum absolute atomic E-state index is 12.7. The summed E-state index contributed by atoms with van der Waals surface area (Å²) >= 11 is 0. The highest BCUT2D eigenvalue weighted by Crippen LogP contribution is 2.36. The van der Waals surface area contributed by atoms with E-state index in [1.807, 2.05) is 39.8 Å². The van der Waals surface area contributed by atoms with Crippen LogP contribution in [-0.2, 0) is 9.47 Å². The van der Waals surface area contributed by atoms with Gasteiger partial charge in [-0.2, -0.15) is 0 Å². The molecule has 1 fully saturated rings. The molecule has 2 rings (SSSR count). The number of carbonyl (C=O) groups is 2. The molecule has 0 aliphatic heterocycles. The first kappa shape index (κ1) is 21.2. The third kappa shape index (κ3) is 6.24. The molecule has 0 N–H and O–H groups in total. The number of aldehydes is 1. The van der Waals surface area contributed by atoms with Crippen LogP contribution in [0.3, 0.4) is 0 Å². The van der Waals surface area contributed by atoms with Gasteiger partial charge in [0.15, 0.2) is 6.29 Å². The number of hydrogen-bond acceptors (Lipinski definition) is 5. The summed E-state index contributed by atoms with van der Waals surface area (Å²) in [7, 11) is 1.64. The summed E-state index contributed by atoms with van der Waals surface area (Å²) in [5.74, 6) is 0.533. The highest BCUT2D eigenvalue weighted by Gasteiger charge is 2.38. The quantitative estimate of drug-likeness (QED) is 0.472. The molecule has 1 aliphatic rings. The van der Waals surface area contributed by atoms with E-state index >= 15 is 0 Å². The van der Waals surface area contributed by atoms with E-state index in [1.54, 1.807) is 18.1 Å². The molecular weight excluding hydrogens is 346 g/mol. The molecule has 150 valence electrons. The molecule has 1 saturated carbocycles. The van der Waals surface area contributed by atoms with Crippen LogP contribution < -0.4 is 4.74 Å². The minimum Gasteiger partial charge on any atom is -0.493 e. The van der Waals surface area contributed by atoms with E-state index in [9.17, 15) is 9.59 Å². The van der Waals surface area contributed by atoms with Crippen molar-refractivity contribution in [2.75, 3.05) is 20.3 Å². The Morgan fingerprint density at radius 3 is 2.56 bits per heavy atom. The summed E-state index contributed by atoms with van der Waals surface area (Å²) in [6.45, 7) is 8.64. The standard InChI is InChI=1S/C21H31NO5/c1-15(22(18-9-10-18)20(24)27-21(2,3)4)16-7-8-17(14-23)19(13-16)26-12-6-11-25-5/h7-8,13-15,18H,6,9-12H2,1-5H3. The molecule has 1 aromatic carbocycles. The van der Waals surface area contributed by atoms with Crippen LogP contribution in [0, 0.1) is 0 Å². The fourth-order valence-corrected chi connectivity index (χ4v) is 2.87. The first-order valence-electron chi connectivity index (χ1n) is 9.49. The molecule has 0 bridgehead atoms. The van der Waals surface area contributed by atoms with Crippen LogP contribution in [0.15, 0.2) is 18.2 Å². The van der Waals surface area contributed by atoms with E-state index in [-0.39, 0.29) is 18.2 Å². The van der Waals surface area contributed by atoms with Gasteiger partial charge in [0.2, 0.25) is 0 Å². The molecule has 27 heavy (non-hydrogen) atoms. The largest absolute Gasteiger partial charge is 0.493 e. The molecule has 1 aliphatic carbocycles. The molecule has 0 heterocycles. The number of ether oxygens (including phenoxy) is 3. The van der Waals surface area contributed by atoms with Crippen LogP contribution in [0.2, 0.25) is 0 Å². The van der Waals surface area contributed by atoms with E-state index in [4.69, 9.17) is 14.2 Å². The van der Waals surface area contributed by atoms with E-state index in [0.717, 1.165) is 31.1 Å². The van der Waals surface area contributed by atoms with Crippen molar-refractivity contribution in [1.29, 1.82) is 0 Å². The Kier molecular flexibility index (Phi) is 7.25. The number of benzene rings is 1. The predicted molar refractivity (Wildman–Crippen MR) is 103 cm³/mol. The summed E-state index contributed by atoms with van der Waals surface area (Å²) in [6, 6.07) is 5.49. The molecule has 1 amide bonds. The molecule has 1 aromatic rings. The first-order valence-corrected chi connectivity index (χ1v) is 9.49. The van der Waals surface area contributed by atoms with Gasteiger partial charge < -0.3 is 14.2 Å². The number of methoxy groups -OCH3 is 1. The Bertz CT molecular complexity index is 648. The van der Waals surface area contributed by atoms with Gasteiger partial charge in [-0.1, -0.05) is 6.07 Å². The molecule has 1 atom stereocenters. The van der Waals surface area contributed by atoms with Crippen molar-refractivity contribution >= 4 is 12.4 Å². The Morgan fingerprint density at radius 1 is 1.30 bits per heavy atom. The molecule has 0 spiro atoms. The van der Waals surface area contributed by atoms with Gasteiger partial charge in [-0.25, -0.2) is 4.79 Å². The predicted octanol–water partition coefficient (Wildman–Crippen LogP) is 4.37. The van der Waals surface area contributed by atoms with Gasteiger partial charge in [-0.15, -0.1) is 0 Å². The molecule has 6 nitrogen and oxygen atoms in total. The van der Waals surface area contributed by atoms with Gasteiger partial charge in [0, 0.05) is 26.2 Å². The van der Waals surface area contributed by atoms with E-state index in [0.29, 0.717) is 24.5 Å². The summed E-state index contributed by atoms with van der Waals surface area (Å²) in [5, 5.41) is 0. The van der Waals surface area contributed by atoms with Crippen molar-refractivity contribution in [3.63, 3.8) is 0 Å². The number of amides is 1. The van der Waals surface area contributed by atoms with E-state index < -0.39 is 5.60 Å². The van der Waals surface area contributed by atoms with E-state index in [2.05, 4.69) is 0 Å².